The number of allylic oxidation sites excluding steroid dienone is 2. The highest BCUT2D eigenvalue weighted by Gasteiger charge is 2.44. The molecule has 1 aliphatic rings. The Morgan fingerprint density at radius 1 is 0.484 bits per heavy atom. The summed E-state index contributed by atoms with van der Waals surface area (Å²) in [5, 5.41) is 40.3. The number of unbranched alkanes of at least 4 members (excludes halogenated alkanes) is 36. The molecule has 0 saturated carbocycles. The summed E-state index contributed by atoms with van der Waals surface area (Å²) in [6, 6.07) is 0. The quantitative estimate of drug-likeness (QED) is 0.0267. The van der Waals surface area contributed by atoms with Crippen LogP contribution in [0.5, 0.6) is 0 Å². The normalized spacial score (nSPS) is 19.5. The number of rotatable bonds is 49. The predicted octanol–water partition coefficient (Wildman–Crippen LogP) is 13.9. The Kier molecular flexibility index (Phi) is 44.8. The lowest BCUT2D eigenvalue weighted by atomic mass is 9.99. The second kappa shape index (κ2) is 47.0. The topological polar surface area (TPSA) is 135 Å². The first kappa shape index (κ1) is 60.9. The van der Waals surface area contributed by atoms with Gasteiger partial charge in [0.1, 0.15) is 30.5 Å². The molecule has 1 aliphatic heterocycles. The van der Waals surface area contributed by atoms with Gasteiger partial charge in [0, 0.05) is 13.0 Å². The van der Waals surface area contributed by atoms with E-state index in [2.05, 4.69) is 26.0 Å². The molecule has 1 heterocycles. The summed E-state index contributed by atoms with van der Waals surface area (Å²) in [6.45, 7) is 4.61. The lowest BCUT2D eigenvalue weighted by Crippen LogP contribution is -2.59. The lowest BCUT2D eigenvalue weighted by molar-refractivity contribution is -0.305. The van der Waals surface area contributed by atoms with E-state index in [1.165, 1.54) is 218 Å². The van der Waals surface area contributed by atoms with Crippen LogP contribution in [0.1, 0.15) is 271 Å². The number of esters is 1. The Morgan fingerprint density at radius 3 is 1.27 bits per heavy atom. The standard InChI is InChI=1S/C55H106O9/c1-3-5-7-9-11-13-15-17-19-21-22-23-24-25-26-27-29-31-33-35-37-39-41-43-45-61-47-49(48-62-55-54(60)53(59)52(58)50(46-56)64-55)63-51(57)44-42-40-38-36-34-32-30-28-20-18-16-14-12-10-8-6-4-2/h18,20,49-50,52-56,58-60H,3-17,19,21-48H2,1-2H3/b20-18-. The van der Waals surface area contributed by atoms with Gasteiger partial charge in [-0.25, -0.2) is 0 Å². The molecule has 0 radical (unpaired) electrons. The van der Waals surface area contributed by atoms with Gasteiger partial charge >= 0.3 is 5.97 Å². The maximum absolute atomic E-state index is 12.8. The van der Waals surface area contributed by atoms with Gasteiger partial charge in [0.25, 0.3) is 0 Å². The predicted molar refractivity (Wildman–Crippen MR) is 266 cm³/mol. The summed E-state index contributed by atoms with van der Waals surface area (Å²) in [5.41, 5.74) is 0. The largest absolute Gasteiger partial charge is 0.457 e. The number of carbonyl (C=O) groups excluding carboxylic acids is 1. The Morgan fingerprint density at radius 2 is 0.859 bits per heavy atom. The van der Waals surface area contributed by atoms with Gasteiger partial charge in [0.05, 0.1) is 19.8 Å². The lowest BCUT2D eigenvalue weighted by Gasteiger charge is -2.39. The van der Waals surface area contributed by atoms with Gasteiger partial charge in [-0.05, 0) is 38.5 Å². The Hall–Kier alpha value is -1.07. The molecule has 1 fully saturated rings. The van der Waals surface area contributed by atoms with Crippen molar-refractivity contribution in [2.45, 2.75) is 307 Å². The molecular formula is C55H106O9. The van der Waals surface area contributed by atoms with Crippen LogP contribution in [0.2, 0.25) is 0 Å². The molecule has 9 heteroatoms. The van der Waals surface area contributed by atoms with Gasteiger partial charge in [0.15, 0.2) is 6.29 Å². The monoisotopic (exact) mass is 911 g/mol. The van der Waals surface area contributed by atoms with Gasteiger partial charge in [-0.15, -0.1) is 0 Å². The van der Waals surface area contributed by atoms with E-state index < -0.39 is 43.4 Å². The van der Waals surface area contributed by atoms with E-state index >= 15 is 0 Å². The van der Waals surface area contributed by atoms with E-state index in [1.807, 2.05) is 0 Å². The third-order valence-corrected chi connectivity index (χ3v) is 13.2. The molecule has 6 atom stereocenters. The first-order chi connectivity index (χ1) is 31.4. The molecule has 6 unspecified atom stereocenters. The molecular weight excluding hydrogens is 805 g/mol. The van der Waals surface area contributed by atoms with Gasteiger partial charge in [-0.2, -0.15) is 0 Å². The molecule has 0 aliphatic carbocycles. The molecule has 64 heavy (non-hydrogen) atoms. The van der Waals surface area contributed by atoms with Crippen LogP contribution in [0.25, 0.3) is 0 Å². The van der Waals surface area contributed by atoms with Crippen LogP contribution in [-0.2, 0) is 23.7 Å². The molecule has 4 N–H and O–H groups in total. The second-order valence-corrected chi connectivity index (χ2v) is 19.4. The maximum atomic E-state index is 12.8. The number of aliphatic hydroxyl groups excluding tert-OH is 4. The van der Waals surface area contributed by atoms with E-state index in [-0.39, 0.29) is 19.2 Å². The summed E-state index contributed by atoms with van der Waals surface area (Å²) >= 11 is 0. The second-order valence-electron chi connectivity index (χ2n) is 19.4. The van der Waals surface area contributed by atoms with Crippen LogP contribution in [0, 0.1) is 0 Å². The number of hydrogen-bond donors (Lipinski definition) is 4. The highest BCUT2D eigenvalue weighted by Crippen LogP contribution is 2.23. The van der Waals surface area contributed by atoms with E-state index in [0.29, 0.717) is 13.0 Å². The van der Waals surface area contributed by atoms with Crippen molar-refractivity contribution in [3.05, 3.63) is 12.2 Å². The van der Waals surface area contributed by atoms with Crippen LogP contribution in [0.15, 0.2) is 12.2 Å². The van der Waals surface area contributed by atoms with Crippen molar-refractivity contribution in [2.24, 2.45) is 0 Å². The fourth-order valence-electron chi connectivity index (χ4n) is 8.84. The first-order valence-electron chi connectivity index (χ1n) is 27.8. The highest BCUT2D eigenvalue weighted by molar-refractivity contribution is 5.69. The van der Waals surface area contributed by atoms with Crippen molar-refractivity contribution >= 4 is 5.97 Å². The molecule has 0 aromatic heterocycles. The molecule has 0 amide bonds. The van der Waals surface area contributed by atoms with E-state index in [0.717, 1.165) is 32.1 Å². The molecule has 380 valence electrons. The van der Waals surface area contributed by atoms with E-state index in [4.69, 9.17) is 18.9 Å². The third kappa shape index (κ3) is 37.0. The molecule has 9 nitrogen and oxygen atoms in total. The van der Waals surface area contributed by atoms with E-state index in [9.17, 15) is 25.2 Å². The summed E-state index contributed by atoms with van der Waals surface area (Å²) in [6.07, 6.45) is 48.3. The Bertz CT molecular complexity index is 993. The summed E-state index contributed by atoms with van der Waals surface area (Å²) in [7, 11) is 0. The van der Waals surface area contributed by atoms with Crippen molar-refractivity contribution in [3.63, 3.8) is 0 Å². The summed E-state index contributed by atoms with van der Waals surface area (Å²) < 4.78 is 22.9. The van der Waals surface area contributed by atoms with Crippen molar-refractivity contribution < 1.29 is 44.2 Å². The zero-order valence-electron chi connectivity index (χ0n) is 42.1. The van der Waals surface area contributed by atoms with Gasteiger partial charge in [-0.1, -0.05) is 238 Å². The first-order valence-corrected chi connectivity index (χ1v) is 27.8. The molecule has 0 spiro atoms. The van der Waals surface area contributed by atoms with Crippen LogP contribution in [0.4, 0.5) is 0 Å². The fraction of sp³-hybridized carbons (Fsp3) is 0.945. The Balaban J connectivity index is 2.14. The SMILES string of the molecule is CCCCCCCC/C=C\CCCCCCCCCC(=O)OC(COCCCCCCCCCCCCCCCCCCCCCCCCCC)COC1OC(CO)C(O)C(O)C1O. The smallest absolute Gasteiger partial charge is 0.306 e. The average Bonchev–Trinajstić information content (AvgIpc) is 3.30. The molecule has 0 aromatic carbocycles. The maximum Gasteiger partial charge on any atom is 0.306 e. The van der Waals surface area contributed by atoms with Crippen molar-refractivity contribution in [1.82, 2.24) is 0 Å². The van der Waals surface area contributed by atoms with Crippen molar-refractivity contribution in [2.75, 3.05) is 26.4 Å². The number of carbonyl (C=O) groups is 1. The summed E-state index contributed by atoms with van der Waals surface area (Å²) in [5.74, 6) is -0.312. The zero-order valence-corrected chi connectivity index (χ0v) is 42.1. The fourth-order valence-corrected chi connectivity index (χ4v) is 8.84. The van der Waals surface area contributed by atoms with Crippen LogP contribution in [0.3, 0.4) is 0 Å². The molecule has 0 bridgehead atoms. The minimum absolute atomic E-state index is 0.109. The number of hydrogen-bond acceptors (Lipinski definition) is 9. The van der Waals surface area contributed by atoms with Crippen LogP contribution in [-0.4, -0.2) is 89.6 Å². The summed E-state index contributed by atoms with van der Waals surface area (Å²) in [4.78, 5) is 12.8. The van der Waals surface area contributed by atoms with Crippen LogP contribution >= 0.6 is 0 Å². The van der Waals surface area contributed by atoms with Crippen molar-refractivity contribution in [1.29, 1.82) is 0 Å². The highest BCUT2D eigenvalue weighted by atomic mass is 16.7. The molecule has 1 saturated heterocycles. The van der Waals surface area contributed by atoms with Gasteiger partial charge < -0.3 is 39.4 Å². The average molecular weight is 911 g/mol. The Labute approximate surface area is 395 Å². The minimum Gasteiger partial charge on any atom is -0.457 e. The third-order valence-electron chi connectivity index (χ3n) is 13.2. The van der Waals surface area contributed by atoms with E-state index in [1.54, 1.807) is 0 Å². The van der Waals surface area contributed by atoms with Gasteiger partial charge in [-0.3, -0.25) is 4.79 Å². The zero-order chi connectivity index (χ0) is 46.4. The molecule has 1 rings (SSSR count). The van der Waals surface area contributed by atoms with Gasteiger partial charge in [0.2, 0.25) is 0 Å². The molecule has 0 aromatic rings. The minimum atomic E-state index is -1.53. The van der Waals surface area contributed by atoms with Crippen molar-refractivity contribution in [3.8, 4) is 0 Å². The van der Waals surface area contributed by atoms with Crippen LogP contribution < -0.4 is 0 Å². The number of aliphatic hydroxyl groups is 4. The number of ether oxygens (including phenoxy) is 4.